The fraction of sp³-hybridized carbons (Fsp3) is 1.00. The Morgan fingerprint density at radius 3 is 3.00 bits per heavy atom. The molecule has 40 valence electrons. The minimum atomic E-state index is 0.953. The van der Waals surface area contributed by atoms with E-state index in [0.717, 1.165) is 12.0 Å². The van der Waals surface area contributed by atoms with E-state index in [-0.39, 0.29) is 0 Å². The summed E-state index contributed by atoms with van der Waals surface area (Å²) < 4.78 is 0. The van der Waals surface area contributed by atoms with Gasteiger partial charge in [0, 0.05) is 6.04 Å². The molecule has 1 nitrogen and oxygen atoms in total. The number of hydrogen-bond donors (Lipinski definition) is 1. The molecule has 0 amide bonds. The molecule has 2 aliphatic rings. The molecule has 2 fully saturated rings. The predicted octanol–water partition coefficient (Wildman–Crippen LogP) is 0.758. The molecule has 1 N–H and O–H groups in total. The molecule has 1 heteroatoms. The first-order chi connectivity index (χ1) is 3.47. The zero-order valence-electron chi connectivity index (χ0n) is 4.48. The number of fused-ring (bicyclic) bond motifs is 1. The Kier molecular flexibility index (Phi) is 0.680. The van der Waals surface area contributed by atoms with Crippen LogP contribution in [0.3, 0.4) is 0 Å². The Morgan fingerprint density at radius 2 is 2.43 bits per heavy atom. The van der Waals surface area contributed by atoms with Crippen molar-refractivity contribution < 1.29 is 0 Å². The maximum absolute atomic E-state index is 3.46. The second kappa shape index (κ2) is 1.22. The Morgan fingerprint density at radius 1 is 1.43 bits per heavy atom. The largest absolute Gasteiger partial charge is 0.314 e. The Labute approximate surface area is 44.1 Å². The van der Waals surface area contributed by atoms with Gasteiger partial charge in [0.15, 0.2) is 0 Å². The topological polar surface area (TPSA) is 12.0 Å². The fourth-order valence-electron chi connectivity index (χ4n) is 1.47. The normalized spacial score (nSPS) is 48.0. The van der Waals surface area contributed by atoms with E-state index in [0.29, 0.717) is 0 Å². The minimum Gasteiger partial charge on any atom is -0.314 e. The molecule has 2 rings (SSSR count). The molecule has 1 saturated carbocycles. The summed E-state index contributed by atoms with van der Waals surface area (Å²) in [5.41, 5.74) is 0. The summed E-state index contributed by atoms with van der Waals surface area (Å²) in [6.07, 6.45) is 4.39. The summed E-state index contributed by atoms with van der Waals surface area (Å²) >= 11 is 0. The molecule has 0 aromatic heterocycles. The van der Waals surface area contributed by atoms with Gasteiger partial charge in [0.1, 0.15) is 0 Å². The van der Waals surface area contributed by atoms with E-state index in [1.54, 1.807) is 0 Å². The zero-order chi connectivity index (χ0) is 4.69. The summed E-state index contributed by atoms with van der Waals surface area (Å²) in [5, 5.41) is 3.46. The van der Waals surface area contributed by atoms with Crippen molar-refractivity contribution in [3.63, 3.8) is 0 Å². The third kappa shape index (κ3) is 0.556. The van der Waals surface area contributed by atoms with Crippen LogP contribution in [0.4, 0.5) is 0 Å². The van der Waals surface area contributed by atoms with Crippen LogP contribution in [0, 0.1) is 5.92 Å². The smallest absolute Gasteiger partial charge is 0.00991 e. The SMILES string of the molecule is C1CNC2C[C@@H]2C1. The van der Waals surface area contributed by atoms with E-state index < -0.39 is 0 Å². The van der Waals surface area contributed by atoms with Crippen LogP contribution in [0.15, 0.2) is 0 Å². The zero-order valence-corrected chi connectivity index (χ0v) is 4.48. The van der Waals surface area contributed by atoms with Gasteiger partial charge < -0.3 is 5.32 Å². The molecule has 0 bridgehead atoms. The van der Waals surface area contributed by atoms with Gasteiger partial charge in [-0.05, 0) is 31.7 Å². The van der Waals surface area contributed by atoms with Crippen LogP contribution >= 0.6 is 0 Å². The van der Waals surface area contributed by atoms with Crippen molar-refractivity contribution in [2.75, 3.05) is 6.54 Å². The van der Waals surface area contributed by atoms with Gasteiger partial charge in [-0.3, -0.25) is 0 Å². The molecule has 7 heavy (non-hydrogen) atoms. The molecule has 1 aliphatic heterocycles. The lowest BCUT2D eigenvalue weighted by atomic mass is 10.2. The van der Waals surface area contributed by atoms with Gasteiger partial charge in [-0.2, -0.15) is 0 Å². The van der Waals surface area contributed by atoms with Crippen molar-refractivity contribution in [3.8, 4) is 0 Å². The Bertz CT molecular complexity index is 70.2. The molecule has 0 radical (unpaired) electrons. The van der Waals surface area contributed by atoms with Crippen LogP contribution in [0.1, 0.15) is 19.3 Å². The highest BCUT2D eigenvalue weighted by Gasteiger charge is 2.37. The molecule has 1 saturated heterocycles. The van der Waals surface area contributed by atoms with E-state index in [9.17, 15) is 0 Å². The Balaban J connectivity index is 1.95. The maximum atomic E-state index is 3.46. The molecular weight excluding hydrogens is 86.1 g/mol. The first-order valence-electron chi connectivity index (χ1n) is 3.20. The van der Waals surface area contributed by atoms with Crippen LogP contribution in [0.25, 0.3) is 0 Å². The van der Waals surface area contributed by atoms with Crippen LogP contribution in [-0.4, -0.2) is 12.6 Å². The summed E-state index contributed by atoms with van der Waals surface area (Å²) in [6, 6.07) is 0.953. The fourth-order valence-corrected chi connectivity index (χ4v) is 1.47. The number of piperidine rings is 1. The average molecular weight is 97.2 g/mol. The molecule has 0 aromatic carbocycles. The van der Waals surface area contributed by atoms with E-state index in [1.165, 1.54) is 25.8 Å². The van der Waals surface area contributed by atoms with E-state index >= 15 is 0 Å². The van der Waals surface area contributed by atoms with Crippen molar-refractivity contribution in [2.45, 2.75) is 25.3 Å². The lowest BCUT2D eigenvalue weighted by Crippen LogP contribution is -2.23. The van der Waals surface area contributed by atoms with E-state index in [4.69, 9.17) is 0 Å². The van der Waals surface area contributed by atoms with Crippen molar-refractivity contribution in [3.05, 3.63) is 0 Å². The highest BCUT2D eigenvalue weighted by Crippen LogP contribution is 2.36. The quantitative estimate of drug-likeness (QED) is 0.470. The maximum Gasteiger partial charge on any atom is 0.00991 e. The van der Waals surface area contributed by atoms with Crippen LogP contribution in [0.2, 0.25) is 0 Å². The summed E-state index contributed by atoms with van der Waals surface area (Å²) in [6.45, 7) is 1.28. The van der Waals surface area contributed by atoms with Crippen molar-refractivity contribution in [1.29, 1.82) is 0 Å². The first-order valence-corrected chi connectivity index (χ1v) is 3.20. The van der Waals surface area contributed by atoms with Crippen molar-refractivity contribution in [1.82, 2.24) is 5.32 Å². The third-order valence-corrected chi connectivity index (χ3v) is 2.08. The van der Waals surface area contributed by atoms with Crippen LogP contribution < -0.4 is 5.32 Å². The average Bonchev–Trinajstić information content (AvgIpc) is 2.41. The van der Waals surface area contributed by atoms with E-state index in [1.807, 2.05) is 0 Å². The van der Waals surface area contributed by atoms with Crippen molar-refractivity contribution >= 4 is 0 Å². The molecule has 0 aromatic rings. The summed E-state index contributed by atoms with van der Waals surface area (Å²) in [5.74, 6) is 1.09. The van der Waals surface area contributed by atoms with Crippen LogP contribution in [-0.2, 0) is 0 Å². The molecule has 1 unspecified atom stereocenters. The van der Waals surface area contributed by atoms with Gasteiger partial charge in [0.25, 0.3) is 0 Å². The monoisotopic (exact) mass is 97.1 g/mol. The summed E-state index contributed by atoms with van der Waals surface area (Å²) in [7, 11) is 0. The highest BCUT2D eigenvalue weighted by molar-refractivity contribution is 4.95. The molecular formula is C6H11N. The van der Waals surface area contributed by atoms with E-state index in [2.05, 4.69) is 5.32 Å². The number of nitrogens with one attached hydrogen (secondary N) is 1. The molecule has 1 heterocycles. The molecule has 0 spiro atoms. The van der Waals surface area contributed by atoms with Gasteiger partial charge in [-0.15, -0.1) is 0 Å². The standard InChI is InChI=1S/C6H11N/c1-2-5-4-6(5)7-3-1/h5-7H,1-4H2/t5-,6?/m0/s1. The van der Waals surface area contributed by atoms with Gasteiger partial charge in [-0.25, -0.2) is 0 Å². The van der Waals surface area contributed by atoms with Gasteiger partial charge in [-0.1, -0.05) is 0 Å². The predicted molar refractivity (Wildman–Crippen MR) is 29.1 cm³/mol. The van der Waals surface area contributed by atoms with Crippen LogP contribution in [0.5, 0.6) is 0 Å². The Hall–Kier alpha value is -0.0400. The first kappa shape index (κ1) is 3.90. The second-order valence-corrected chi connectivity index (χ2v) is 2.70. The van der Waals surface area contributed by atoms with Gasteiger partial charge in [0.2, 0.25) is 0 Å². The lowest BCUT2D eigenvalue weighted by Gasteiger charge is -2.08. The third-order valence-electron chi connectivity index (χ3n) is 2.08. The van der Waals surface area contributed by atoms with Gasteiger partial charge >= 0.3 is 0 Å². The lowest BCUT2D eigenvalue weighted by molar-refractivity contribution is 0.505. The number of hydrogen-bond acceptors (Lipinski definition) is 1. The highest BCUT2D eigenvalue weighted by atomic mass is 15.0. The number of rotatable bonds is 0. The molecule has 1 aliphatic carbocycles. The van der Waals surface area contributed by atoms with Gasteiger partial charge in [0.05, 0.1) is 0 Å². The van der Waals surface area contributed by atoms with Crippen molar-refractivity contribution in [2.24, 2.45) is 5.92 Å². The second-order valence-electron chi connectivity index (χ2n) is 2.70. The molecule has 2 atom stereocenters. The minimum absolute atomic E-state index is 0.953. The summed E-state index contributed by atoms with van der Waals surface area (Å²) in [4.78, 5) is 0.